The Balaban J connectivity index is 1.89. The van der Waals surface area contributed by atoms with Crippen LogP contribution in [0.15, 0.2) is 46.9 Å². The Morgan fingerprint density at radius 3 is 2.27 bits per heavy atom. The average Bonchev–Trinajstić information content (AvgIpc) is 3.18. The van der Waals surface area contributed by atoms with E-state index < -0.39 is 29.3 Å². The third kappa shape index (κ3) is 6.58. The summed E-state index contributed by atoms with van der Waals surface area (Å²) < 4.78 is 9.83. The molecule has 1 N–H and O–H groups in total. The second kappa shape index (κ2) is 10.4. The number of esters is 1. The summed E-state index contributed by atoms with van der Waals surface area (Å²) in [6.45, 7) is 7.80. The molecule has 8 heteroatoms. The quantitative estimate of drug-likeness (QED) is 0.282. The first-order valence-corrected chi connectivity index (χ1v) is 9.65. The summed E-state index contributed by atoms with van der Waals surface area (Å²) in [5.41, 5.74) is 2.20. The summed E-state index contributed by atoms with van der Waals surface area (Å²) in [6, 6.07) is 10.4. The molecular weight excluding hydrogens is 388 g/mol. The van der Waals surface area contributed by atoms with E-state index in [1.807, 2.05) is 38.1 Å². The van der Waals surface area contributed by atoms with Crippen molar-refractivity contribution in [3.8, 4) is 0 Å². The Kier molecular flexibility index (Phi) is 7.91. The van der Waals surface area contributed by atoms with Crippen LogP contribution in [-0.4, -0.2) is 23.4 Å². The van der Waals surface area contributed by atoms with Crippen molar-refractivity contribution in [2.45, 2.75) is 39.7 Å². The Morgan fingerprint density at radius 1 is 1.10 bits per heavy atom. The van der Waals surface area contributed by atoms with Gasteiger partial charge < -0.3 is 14.5 Å². The average molecular weight is 414 g/mol. The maximum Gasteiger partial charge on any atom is 0.433 e. The monoisotopic (exact) mass is 414 g/mol. The van der Waals surface area contributed by atoms with Crippen molar-refractivity contribution in [3.63, 3.8) is 0 Å². The molecule has 0 bridgehead atoms. The van der Waals surface area contributed by atoms with E-state index in [2.05, 4.69) is 19.2 Å². The smallest absolute Gasteiger partial charge is 0.433 e. The number of furan rings is 1. The lowest BCUT2D eigenvalue weighted by atomic mass is 9.93. The van der Waals surface area contributed by atoms with Gasteiger partial charge in [-0.1, -0.05) is 52.0 Å². The number of carbonyl (C=O) groups is 2. The molecule has 0 aliphatic heterocycles. The largest absolute Gasteiger partial charge is 0.452 e. The van der Waals surface area contributed by atoms with Gasteiger partial charge in [-0.15, -0.1) is 0 Å². The van der Waals surface area contributed by atoms with Gasteiger partial charge in [-0.2, -0.15) is 0 Å². The molecule has 0 aliphatic rings. The number of rotatable bonds is 9. The van der Waals surface area contributed by atoms with Crippen LogP contribution in [0.5, 0.6) is 0 Å². The van der Waals surface area contributed by atoms with E-state index in [1.54, 1.807) is 0 Å². The topological polar surface area (TPSA) is 112 Å². The summed E-state index contributed by atoms with van der Waals surface area (Å²) >= 11 is 0. The van der Waals surface area contributed by atoms with Crippen LogP contribution >= 0.6 is 0 Å². The molecule has 2 aromatic rings. The number of nitro groups is 1. The molecule has 0 saturated heterocycles. The summed E-state index contributed by atoms with van der Waals surface area (Å²) in [6.07, 6.45) is 2.28. The first-order valence-electron chi connectivity index (χ1n) is 9.65. The van der Waals surface area contributed by atoms with Gasteiger partial charge in [-0.25, -0.2) is 4.79 Å². The fourth-order valence-corrected chi connectivity index (χ4v) is 2.80. The summed E-state index contributed by atoms with van der Waals surface area (Å²) in [5, 5.41) is 13.5. The van der Waals surface area contributed by atoms with Gasteiger partial charge in [-0.3, -0.25) is 14.9 Å². The predicted molar refractivity (Wildman–Crippen MR) is 112 cm³/mol. The minimum Gasteiger partial charge on any atom is -0.452 e. The maximum absolute atomic E-state index is 12.3. The van der Waals surface area contributed by atoms with E-state index in [-0.39, 0.29) is 17.7 Å². The van der Waals surface area contributed by atoms with Gasteiger partial charge in [0.2, 0.25) is 0 Å². The highest BCUT2D eigenvalue weighted by molar-refractivity contribution is 5.89. The van der Waals surface area contributed by atoms with Crippen molar-refractivity contribution < 1.29 is 23.7 Å². The maximum atomic E-state index is 12.3. The fourth-order valence-electron chi connectivity index (χ4n) is 2.80. The lowest BCUT2D eigenvalue weighted by Crippen LogP contribution is -2.34. The molecule has 30 heavy (non-hydrogen) atoms. The molecule has 0 fully saturated rings. The zero-order valence-electron chi connectivity index (χ0n) is 17.5. The highest BCUT2D eigenvalue weighted by Crippen LogP contribution is 2.24. The number of ether oxygens (including phenoxy) is 1. The van der Waals surface area contributed by atoms with E-state index >= 15 is 0 Å². The van der Waals surface area contributed by atoms with E-state index in [9.17, 15) is 19.7 Å². The van der Waals surface area contributed by atoms with Crippen molar-refractivity contribution in [1.82, 2.24) is 5.32 Å². The SMILES string of the molecule is CC(C)c1ccc([C@H](NC(=O)COC(=O)/C=C/c2ccc([N+](=O)[O-])o2)C(C)C)cc1. The van der Waals surface area contributed by atoms with E-state index in [4.69, 9.17) is 9.15 Å². The van der Waals surface area contributed by atoms with Crippen LogP contribution in [0.3, 0.4) is 0 Å². The molecule has 0 spiro atoms. The first-order chi connectivity index (χ1) is 14.2. The van der Waals surface area contributed by atoms with Crippen molar-refractivity contribution >= 4 is 23.8 Å². The third-order valence-electron chi connectivity index (χ3n) is 4.47. The number of nitrogens with zero attached hydrogens (tertiary/aromatic N) is 1. The van der Waals surface area contributed by atoms with Gasteiger partial charge >= 0.3 is 11.9 Å². The lowest BCUT2D eigenvalue weighted by molar-refractivity contribution is -0.402. The number of hydrogen-bond donors (Lipinski definition) is 1. The third-order valence-corrected chi connectivity index (χ3v) is 4.47. The summed E-state index contributed by atoms with van der Waals surface area (Å²) in [7, 11) is 0. The van der Waals surface area contributed by atoms with Gasteiger partial charge in [0.25, 0.3) is 5.91 Å². The van der Waals surface area contributed by atoms with Crippen molar-refractivity contribution in [3.05, 3.63) is 69.5 Å². The van der Waals surface area contributed by atoms with Crippen LogP contribution in [0.1, 0.15) is 56.5 Å². The normalized spacial score (nSPS) is 12.3. The number of carbonyl (C=O) groups excluding carboxylic acids is 2. The molecule has 1 atom stereocenters. The summed E-state index contributed by atoms with van der Waals surface area (Å²) in [4.78, 5) is 33.9. The highest BCUT2D eigenvalue weighted by Gasteiger charge is 2.19. The standard InChI is InChI=1S/C22H26N2O6/c1-14(2)16-5-7-17(8-6-16)22(15(3)4)23-19(25)13-29-21(26)12-10-18-9-11-20(30-18)24(27)28/h5-12,14-15,22H,13H2,1-4H3,(H,23,25)/b12-10+/t22-/m1/s1. The van der Waals surface area contributed by atoms with E-state index in [1.165, 1.54) is 23.8 Å². The minimum absolute atomic E-state index is 0.132. The van der Waals surface area contributed by atoms with Gasteiger partial charge in [0.05, 0.1) is 12.1 Å². The lowest BCUT2D eigenvalue weighted by Gasteiger charge is -2.23. The zero-order chi connectivity index (χ0) is 22.3. The van der Waals surface area contributed by atoms with Crippen LogP contribution in [0.25, 0.3) is 6.08 Å². The molecule has 8 nitrogen and oxygen atoms in total. The number of hydrogen-bond acceptors (Lipinski definition) is 6. The fraction of sp³-hybridized carbons (Fsp3) is 0.364. The van der Waals surface area contributed by atoms with Crippen molar-refractivity contribution in [2.24, 2.45) is 5.92 Å². The molecular formula is C22H26N2O6. The molecule has 1 aromatic carbocycles. The Morgan fingerprint density at radius 2 is 1.73 bits per heavy atom. The second-order valence-electron chi connectivity index (χ2n) is 7.48. The zero-order valence-corrected chi connectivity index (χ0v) is 17.5. The van der Waals surface area contributed by atoms with Gasteiger partial charge in [0.15, 0.2) is 6.61 Å². The minimum atomic E-state index is -0.758. The molecule has 0 saturated carbocycles. The van der Waals surface area contributed by atoms with Crippen LogP contribution in [-0.2, 0) is 14.3 Å². The highest BCUT2D eigenvalue weighted by atomic mass is 16.6. The molecule has 160 valence electrons. The molecule has 1 amide bonds. The molecule has 1 aromatic heterocycles. The van der Waals surface area contributed by atoms with Crippen LogP contribution in [0.2, 0.25) is 0 Å². The van der Waals surface area contributed by atoms with Crippen molar-refractivity contribution in [1.29, 1.82) is 0 Å². The van der Waals surface area contributed by atoms with Crippen LogP contribution < -0.4 is 5.32 Å². The van der Waals surface area contributed by atoms with Gasteiger partial charge in [0.1, 0.15) is 10.7 Å². The molecule has 0 unspecified atom stereocenters. The number of amides is 1. The molecule has 2 rings (SSSR count). The van der Waals surface area contributed by atoms with E-state index in [0.717, 1.165) is 11.6 Å². The Bertz CT molecular complexity index is 912. The van der Waals surface area contributed by atoms with Crippen LogP contribution in [0.4, 0.5) is 5.88 Å². The Labute approximate surface area is 175 Å². The van der Waals surface area contributed by atoms with Gasteiger partial charge in [0, 0.05) is 6.08 Å². The predicted octanol–water partition coefficient (Wildman–Crippen LogP) is 4.38. The second-order valence-corrected chi connectivity index (χ2v) is 7.48. The summed E-state index contributed by atoms with van der Waals surface area (Å²) in [5.74, 6) is -0.907. The number of benzene rings is 1. The molecule has 0 aliphatic carbocycles. The molecule has 0 radical (unpaired) electrons. The van der Waals surface area contributed by atoms with Gasteiger partial charge in [-0.05, 0) is 35.1 Å². The first kappa shape index (κ1) is 22.9. The van der Waals surface area contributed by atoms with Crippen LogP contribution in [0, 0.1) is 16.0 Å². The Hall–Kier alpha value is -3.42. The number of nitrogens with one attached hydrogen (secondary N) is 1. The van der Waals surface area contributed by atoms with Crippen molar-refractivity contribution in [2.75, 3.05) is 6.61 Å². The van der Waals surface area contributed by atoms with E-state index in [0.29, 0.717) is 5.92 Å². The molecule has 1 heterocycles.